The van der Waals surface area contributed by atoms with Crippen LogP contribution >= 0.6 is 0 Å². The molecule has 1 aliphatic carbocycles. The molecule has 1 aromatic carbocycles. The smallest absolute Gasteiger partial charge is 0.133 e. The fraction of sp³-hybridized carbons (Fsp3) is 0.588. The Balaban J connectivity index is 1.64. The first-order valence-corrected chi connectivity index (χ1v) is 7.40. The molecule has 0 unspecified atom stereocenters. The average Bonchev–Trinajstić information content (AvgIpc) is 2.60. The van der Waals surface area contributed by atoms with E-state index < -0.39 is 0 Å². The number of ketones is 1. The molecule has 1 aliphatic rings. The molecule has 2 rings (SSSR count). The molecule has 1 fully saturated rings. The molecule has 0 amide bonds. The summed E-state index contributed by atoms with van der Waals surface area (Å²) >= 11 is 0. The van der Waals surface area contributed by atoms with Crippen molar-refractivity contribution < 1.29 is 4.79 Å². The summed E-state index contributed by atoms with van der Waals surface area (Å²) in [4.78, 5) is 11.5. The van der Waals surface area contributed by atoms with Gasteiger partial charge in [0.25, 0.3) is 0 Å². The second kappa shape index (κ2) is 7.35. The van der Waals surface area contributed by atoms with Crippen molar-refractivity contribution in [1.82, 2.24) is 0 Å². The first kappa shape index (κ1) is 13.3. The fourth-order valence-electron chi connectivity index (χ4n) is 2.93. The minimum Gasteiger partial charge on any atom is -0.300 e. The molecule has 98 valence electrons. The van der Waals surface area contributed by atoms with Gasteiger partial charge in [0.05, 0.1) is 0 Å². The number of hydrogen-bond acceptors (Lipinski definition) is 1. The summed E-state index contributed by atoms with van der Waals surface area (Å²) in [6, 6.07) is 10.7. The van der Waals surface area contributed by atoms with Gasteiger partial charge in [-0.1, -0.05) is 56.0 Å². The summed E-state index contributed by atoms with van der Waals surface area (Å²) < 4.78 is 0. The Morgan fingerprint density at radius 1 is 1.06 bits per heavy atom. The van der Waals surface area contributed by atoms with Crippen molar-refractivity contribution in [3.05, 3.63) is 35.9 Å². The second-order valence-corrected chi connectivity index (χ2v) is 5.59. The molecular weight excluding hydrogens is 220 g/mol. The molecule has 1 aromatic rings. The van der Waals surface area contributed by atoms with Gasteiger partial charge < -0.3 is 0 Å². The molecule has 0 aromatic heterocycles. The maximum atomic E-state index is 11.5. The molecule has 0 radical (unpaired) electrons. The van der Waals surface area contributed by atoms with Crippen LogP contribution in [0.1, 0.15) is 56.9 Å². The third kappa shape index (κ3) is 4.64. The predicted octanol–water partition coefficient (Wildman–Crippen LogP) is 4.55. The highest BCUT2D eigenvalue weighted by Crippen LogP contribution is 2.25. The molecule has 0 spiro atoms. The molecular formula is C17H24O. The van der Waals surface area contributed by atoms with Crippen molar-refractivity contribution >= 4 is 5.78 Å². The topological polar surface area (TPSA) is 17.1 Å². The van der Waals surface area contributed by atoms with Gasteiger partial charge in [-0.15, -0.1) is 0 Å². The van der Waals surface area contributed by atoms with Crippen LogP contribution in [0.2, 0.25) is 0 Å². The van der Waals surface area contributed by atoms with E-state index in [2.05, 4.69) is 30.3 Å². The molecule has 1 atom stereocenters. The Hall–Kier alpha value is -1.11. The molecule has 0 aliphatic heterocycles. The Kier molecular flexibility index (Phi) is 5.44. The highest BCUT2D eigenvalue weighted by atomic mass is 16.1. The third-order valence-corrected chi connectivity index (χ3v) is 4.00. The van der Waals surface area contributed by atoms with E-state index in [0.29, 0.717) is 11.7 Å². The third-order valence-electron chi connectivity index (χ3n) is 4.00. The van der Waals surface area contributed by atoms with Crippen LogP contribution in [-0.4, -0.2) is 5.78 Å². The van der Waals surface area contributed by atoms with Crippen LogP contribution in [0.4, 0.5) is 0 Å². The average molecular weight is 244 g/mol. The summed E-state index contributed by atoms with van der Waals surface area (Å²) in [5.41, 5.74) is 1.44. The number of Topliss-reactive ketones (excluding diaryl/α,β-unsaturated/α-hetero) is 1. The summed E-state index contributed by atoms with van der Waals surface area (Å²) in [6.45, 7) is 0. The van der Waals surface area contributed by atoms with Gasteiger partial charge in [-0.05, 0) is 30.7 Å². The molecule has 1 saturated carbocycles. The van der Waals surface area contributed by atoms with Crippen molar-refractivity contribution in [2.24, 2.45) is 5.92 Å². The van der Waals surface area contributed by atoms with E-state index in [0.717, 1.165) is 19.3 Å². The molecule has 1 nitrogen and oxygen atoms in total. The van der Waals surface area contributed by atoms with E-state index in [1.165, 1.54) is 44.1 Å². The Morgan fingerprint density at radius 2 is 1.89 bits per heavy atom. The molecule has 0 heterocycles. The van der Waals surface area contributed by atoms with Gasteiger partial charge in [0.1, 0.15) is 5.78 Å². The van der Waals surface area contributed by atoms with E-state index in [-0.39, 0.29) is 0 Å². The summed E-state index contributed by atoms with van der Waals surface area (Å²) in [7, 11) is 0. The molecule has 0 bridgehead atoms. The zero-order chi connectivity index (χ0) is 12.6. The summed E-state index contributed by atoms with van der Waals surface area (Å²) in [5, 5.41) is 0. The monoisotopic (exact) mass is 244 g/mol. The van der Waals surface area contributed by atoms with Crippen LogP contribution < -0.4 is 0 Å². The second-order valence-electron chi connectivity index (χ2n) is 5.59. The standard InChI is InChI=1S/C17H24O/c18-17-13-7-6-12-16(14-17)11-5-4-10-15-8-2-1-3-9-15/h1-3,8-9,16H,4-7,10-14H2/t16-/m1/s1. The quantitative estimate of drug-likeness (QED) is 0.548. The van der Waals surface area contributed by atoms with Crippen molar-refractivity contribution in [3.8, 4) is 0 Å². The molecule has 0 N–H and O–H groups in total. The fourth-order valence-corrected chi connectivity index (χ4v) is 2.93. The van der Waals surface area contributed by atoms with E-state index in [1.807, 2.05) is 0 Å². The van der Waals surface area contributed by atoms with Gasteiger partial charge in [-0.3, -0.25) is 4.79 Å². The number of aryl methyl sites for hydroxylation is 1. The van der Waals surface area contributed by atoms with Crippen molar-refractivity contribution in [1.29, 1.82) is 0 Å². The van der Waals surface area contributed by atoms with Gasteiger partial charge in [0.15, 0.2) is 0 Å². The largest absolute Gasteiger partial charge is 0.300 e. The van der Waals surface area contributed by atoms with E-state index in [9.17, 15) is 4.79 Å². The van der Waals surface area contributed by atoms with Gasteiger partial charge >= 0.3 is 0 Å². The van der Waals surface area contributed by atoms with Crippen molar-refractivity contribution in [2.45, 2.75) is 57.8 Å². The predicted molar refractivity (Wildman–Crippen MR) is 75.6 cm³/mol. The number of unbranched alkanes of at least 4 members (excludes halogenated alkanes) is 1. The SMILES string of the molecule is O=C1CCCC[C@@H](CCCCc2ccccc2)C1. The van der Waals surface area contributed by atoms with Crippen molar-refractivity contribution in [3.63, 3.8) is 0 Å². The van der Waals surface area contributed by atoms with Gasteiger partial charge in [-0.25, -0.2) is 0 Å². The zero-order valence-corrected chi connectivity index (χ0v) is 11.2. The van der Waals surface area contributed by atoms with E-state index in [4.69, 9.17) is 0 Å². The minimum atomic E-state index is 0.501. The summed E-state index contributed by atoms with van der Waals surface area (Å²) in [5.74, 6) is 1.18. The lowest BCUT2D eigenvalue weighted by molar-refractivity contribution is -0.119. The Morgan fingerprint density at radius 3 is 2.72 bits per heavy atom. The van der Waals surface area contributed by atoms with Gasteiger partial charge in [-0.2, -0.15) is 0 Å². The van der Waals surface area contributed by atoms with Gasteiger partial charge in [0.2, 0.25) is 0 Å². The number of carbonyl (C=O) groups is 1. The lowest BCUT2D eigenvalue weighted by Gasteiger charge is -2.12. The van der Waals surface area contributed by atoms with Crippen LogP contribution in [0.3, 0.4) is 0 Å². The van der Waals surface area contributed by atoms with Gasteiger partial charge in [0, 0.05) is 12.8 Å². The Labute approximate surface area is 111 Å². The number of carbonyl (C=O) groups excluding carboxylic acids is 1. The highest BCUT2D eigenvalue weighted by Gasteiger charge is 2.16. The van der Waals surface area contributed by atoms with Crippen LogP contribution in [0.5, 0.6) is 0 Å². The first-order chi connectivity index (χ1) is 8.84. The Bertz CT molecular complexity index is 355. The zero-order valence-electron chi connectivity index (χ0n) is 11.2. The van der Waals surface area contributed by atoms with Crippen LogP contribution in [0, 0.1) is 5.92 Å². The van der Waals surface area contributed by atoms with E-state index >= 15 is 0 Å². The van der Waals surface area contributed by atoms with Crippen LogP contribution in [-0.2, 0) is 11.2 Å². The highest BCUT2D eigenvalue weighted by molar-refractivity contribution is 5.78. The van der Waals surface area contributed by atoms with E-state index in [1.54, 1.807) is 0 Å². The minimum absolute atomic E-state index is 0.501. The summed E-state index contributed by atoms with van der Waals surface area (Å²) in [6.07, 6.45) is 10.3. The number of rotatable bonds is 5. The lowest BCUT2D eigenvalue weighted by Crippen LogP contribution is -2.05. The maximum Gasteiger partial charge on any atom is 0.133 e. The van der Waals surface area contributed by atoms with Crippen molar-refractivity contribution in [2.75, 3.05) is 0 Å². The first-order valence-electron chi connectivity index (χ1n) is 7.40. The maximum absolute atomic E-state index is 11.5. The van der Waals surface area contributed by atoms with Crippen LogP contribution in [0.15, 0.2) is 30.3 Å². The number of benzene rings is 1. The normalized spacial score (nSPS) is 20.7. The van der Waals surface area contributed by atoms with Crippen LogP contribution in [0.25, 0.3) is 0 Å². The lowest BCUT2D eigenvalue weighted by atomic mass is 9.93. The number of hydrogen-bond donors (Lipinski definition) is 0. The molecule has 1 heteroatoms. The molecule has 18 heavy (non-hydrogen) atoms. The molecule has 0 saturated heterocycles.